The van der Waals surface area contributed by atoms with Crippen LogP contribution in [0.25, 0.3) is 0 Å². The fraction of sp³-hybridized carbons (Fsp3) is 0.562. The molecule has 0 aliphatic carbocycles. The maximum atomic E-state index is 11.9. The van der Waals surface area contributed by atoms with E-state index < -0.39 is 0 Å². The molecule has 1 rings (SSSR count). The number of nitrogens with zero attached hydrogens (tertiary/aromatic N) is 1. The summed E-state index contributed by atoms with van der Waals surface area (Å²) < 4.78 is 0. The van der Waals surface area contributed by atoms with Crippen molar-refractivity contribution >= 4 is 28.9 Å². The predicted molar refractivity (Wildman–Crippen MR) is 90.7 cm³/mol. The third kappa shape index (κ3) is 6.82. The minimum atomic E-state index is 0.0114. The summed E-state index contributed by atoms with van der Waals surface area (Å²) in [6, 6.07) is 5.12. The zero-order valence-corrected chi connectivity index (χ0v) is 13.9. The normalized spacial score (nSPS) is 11.1. The van der Waals surface area contributed by atoms with Gasteiger partial charge in [-0.1, -0.05) is 32.4 Å². The first-order valence-electron chi connectivity index (χ1n) is 7.49. The van der Waals surface area contributed by atoms with Crippen LogP contribution in [0.5, 0.6) is 0 Å². The molecule has 0 unspecified atom stereocenters. The number of halogens is 1. The molecule has 0 saturated carbocycles. The fourth-order valence-corrected chi connectivity index (χ4v) is 2.32. The molecule has 0 saturated heterocycles. The van der Waals surface area contributed by atoms with E-state index in [9.17, 15) is 4.79 Å². The van der Waals surface area contributed by atoms with Gasteiger partial charge in [-0.3, -0.25) is 4.79 Å². The quantitative estimate of drug-likeness (QED) is 0.721. The Labute approximate surface area is 132 Å². The van der Waals surface area contributed by atoms with Crippen LogP contribution in [0.15, 0.2) is 18.2 Å². The lowest BCUT2D eigenvalue weighted by Crippen LogP contribution is -2.29. The van der Waals surface area contributed by atoms with Gasteiger partial charge >= 0.3 is 0 Å². The number of carbonyl (C=O) groups is 1. The van der Waals surface area contributed by atoms with Crippen molar-refractivity contribution in [3.63, 3.8) is 0 Å². The average molecular weight is 312 g/mol. The average Bonchev–Trinajstić information content (AvgIpc) is 2.41. The molecule has 0 heterocycles. The van der Waals surface area contributed by atoms with E-state index in [2.05, 4.69) is 31.0 Å². The molecule has 0 fully saturated rings. The van der Waals surface area contributed by atoms with Gasteiger partial charge in [0.25, 0.3) is 0 Å². The molecule has 1 aromatic rings. The molecular weight excluding hydrogens is 286 g/mol. The fourth-order valence-electron chi connectivity index (χ4n) is 2.20. The topological polar surface area (TPSA) is 58.4 Å². The van der Waals surface area contributed by atoms with Gasteiger partial charge in [0.05, 0.1) is 10.7 Å². The third-order valence-electron chi connectivity index (χ3n) is 3.23. The molecule has 0 spiro atoms. The molecule has 3 N–H and O–H groups in total. The highest BCUT2D eigenvalue weighted by Gasteiger charge is 2.08. The lowest BCUT2D eigenvalue weighted by atomic mass is 10.2. The van der Waals surface area contributed by atoms with E-state index in [-0.39, 0.29) is 5.91 Å². The SMILES string of the molecule is CCN(CCCC(=O)Nc1ccc(Cl)c(N)c1)CC(C)C. The lowest BCUT2D eigenvalue weighted by molar-refractivity contribution is -0.116. The van der Waals surface area contributed by atoms with Gasteiger partial charge in [0.1, 0.15) is 0 Å². The Hall–Kier alpha value is -1.26. The van der Waals surface area contributed by atoms with Crippen LogP contribution in [-0.4, -0.2) is 30.4 Å². The van der Waals surface area contributed by atoms with E-state index in [1.807, 2.05) is 0 Å². The first-order chi connectivity index (χ1) is 9.92. The summed E-state index contributed by atoms with van der Waals surface area (Å²) in [7, 11) is 0. The van der Waals surface area contributed by atoms with Crippen molar-refractivity contribution in [2.45, 2.75) is 33.6 Å². The van der Waals surface area contributed by atoms with E-state index in [4.69, 9.17) is 17.3 Å². The van der Waals surface area contributed by atoms with Crippen LogP contribution in [-0.2, 0) is 4.79 Å². The van der Waals surface area contributed by atoms with Crippen LogP contribution in [0.4, 0.5) is 11.4 Å². The first-order valence-corrected chi connectivity index (χ1v) is 7.87. The number of nitrogen functional groups attached to an aromatic ring is 1. The van der Waals surface area contributed by atoms with Crippen LogP contribution in [0, 0.1) is 5.92 Å². The number of anilines is 2. The maximum Gasteiger partial charge on any atom is 0.224 e. The number of amides is 1. The van der Waals surface area contributed by atoms with E-state index in [0.717, 1.165) is 26.1 Å². The zero-order chi connectivity index (χ0) is 15.8. The summed E-state index contributed by atoms with van der Waals surface area (Å²) in [6.07, 6.45) is 1.37. The molecular formula is C16H26ClN3O. The number of hydrogen-bond donors (Lipinski definition) is 2. The van der Waals surface area contributed by atoms with Gasteiger partial charge in [-0.15, -0.1) is 0 Å². The Morgan fingerprint density at radius 3 is 2.71 bits per heavy atom. The summed E-state index contributed by atoms with van der Waals surface area (Å²) >= 11 is 5.85. The number of carbonyl (C=O) groups excluding carboxylic acids is 1. The van der Waals surface area contributed by atoms with Crippen molar-refractivity contribution in [3.05, 3.63) is 23.2 Å². The number of nitrogens with two attached hydrogens (primary N) is 1. The maximum absolute atomic E-state index is 11.9. The van der Waals surface area contributed by atoms with Crippen LogP contribution in [0.3, 0.4) is 0 Å². The Morgan fingerprint density at radius 2 is 2.14 bits per heavy atom. The molecule has 0 atom stereocenters. The van der Waals surface area contributed by atoms with Crippen molar-refractivity contribution in [1.29, 1.82) is 0 Å². The number of benzene rings is 1. The first kappa shape index (κ1) is 17.8. The van der Waals surface area contributed by atoms with Crippen molar-refractivity contribution < 1.29 is 4.79 Å². The molecule has 118 valence electrons. The smallest absolute Gasteiger partial charge is 0.224 e. The van der Waals surface area contributed by atoms with Gasteiger partial charge in [0.15, 0.2) is 0 Å². The van der Waals surface area contributed by atoms with Crippen molar-refractivity contribution in [3.8, 4) is 0 Å². The summed E-state index contributed by atoms with van der Waals surface area (Å²) in [5.74, 6) is 0.660. The van der Waals surface area contributed by atoms with Gasteiger partial charge in [0.2, 0.25) is 5.91 Å². The number of rotatable bonds is 8. The molecule has 1 aromatic carbocycles. The minimum Gasteiger partial charge on any atom is -0.397 e. The molecule has 0 aromatic heterocycles. The molecule has 0 bridgehead atoms. The van der Waals surface area contributed by atoms with Crippen LogP contribution in [0.1, 0.15) is 33.6 Å². The standard InChI is InChI=1S/C16H26ClN3O/c1-4-20(11-12(2)3)9-5-6-16(21)19-13-7-8-14(17)15(18)10-13/h7-8,10,12H,4-6,9,11,18H2,1-3H3,(H,19,21). The zero-order valence-electron chi connectivity index (χ0n) is 13.2. The highest BCUT2D eigenvalue weighted by atomic mass is 35.5. The highest BCUT2D eigenvalue weighted by molar-refractivity contribution is 6.33. The Kier molecular flexibility index (Phi) is 7.54. The summed E-state index contributed by atoms with van der Waals surface area (Å²) in [5.41, 5.74) is 6.88. The molecule has 1 amide bonds. The predicted octanol–water partition coefficient (Wildman–Crippen LogP) is 3.62. The third-order valence-corrected chi connectivity index (χ3v) is 3.57. The minimum absolute atomic E-state index is 0.0114. The summed E-state index contributed by atoms with van der Waals surface area (Å²) in [4.78, 5) is 14.3. The summed E-state index contributed by atoms with van der Waals surface area (Å²) in [6.45, 7) is 9.61. The second-order valence-corrected chi connectivity index (χ2v) is 6.08. The van der Waals surface area contributed by atoms with Crippen molar-refractivity contribution in [2.24, 2.45) is 5.92 Å². The van der Waals surface area contributed by atoms with Gasteiger partial charge in [-0.05, 0) is 43.6 Å². The lowest BCUT2D eigenvalue weighted by Gasteiger charge is -2.22. The van der Waals surface area contributed by atoms with Crippen LogP contribution >= 0.6 is 11.6 Å². The molecule has 21 heavy (non-hydrogen) atoms. The highest BCUT2D eigenvalue weighted by Crippen LogP contribution is 2.22. The molecule has 4 nitrogen and oxygen atoms in total. The Morgan fingerprint density at radius 1 is 1.43 bits per heavy atom. The molecule has 5 heteroatoms. The van der Waals surface area contributed by atoms with Crippen molar-refractivity contribution in [2.75, 3.05) is 30.7 Å². The summed E-state index contributed by atoms with van der Waals surface area (Å²) in [5, 5.41) is 3.35. The second-order valence-electron chi connectivity index (χ2n) is 5.68. The second kappa shape index (κ2) is 8.90. The van der Waals surface area contributed by atoms with E-state index in [1.54, 1.807) is 18.2 Å². The van der Waals surface area contributed by atoms with Gasteiger partial charge < -0.3 is 16.0 Å². The monoisotopic (exact) mass is 311 g/mol. The van der Waals surface area contributed by atoms with E-state index >= 15 is 0 Å². The van der Waals surface area contributed by atoms with Crippen molar-refractivity contribution in [1.82, 2.24) is 4.90 Å². The molecule has 0 aliphatic heterocycles. The number of nitrogens with one attached hydrogen (secondary N) is 1. The number of hydrogen-bond acceptors (Lipinski definition) is 3. The largest absolute Gasteiger partial charge is 0.397 e. The van der Waals surface area contributed by atoms with E-state index in [0.29, 0.717) is 28.7 Å². The molecule has 0 aliphatic rings. The van der Waals surface area contributed by atoms with E-state index in [1.165, 1.54) is 0 Å². The molecule has 0 radical (unpaired) electrons. The Bertz CT molecular complexity index is 463. The van der Waals surface area contributed by atoms with Gasteiger partial charge in [-0.25, -0.2) is 0 Å². The van der Waals surface area contributed by atoms with Gasteiger partial charge in [0, 0.05) is 18.7 Å². The van der Waals surface area contributed by atoms with Crippen LogP contribution in [0.2, 0.25) is 5.02 Å². The van der Waals surface area contributed by atoms with Crippen LogP contribution < -0.4 is 11.1 Å². The Balaban J connectivity index is 2.35. The van der Waals surface area contributed by atoms with Gasteiger partial charge in [-0.2, -0.15) is 0 Å².